The quantitative estimate of drug-likeness (QED) is 0.393. The number of anilines is 1. The molecule has 9 nitrogen and oxygen atoms in total. The number of nitro groups is 1. The standard InChI is InChI=1S/C18H14BrClN4O5/c1-28-14-8-12(7-13(9-14)24(26)27)21-18(25)16-4-5-23(22-16)10-29-17-3-2-11(20)6-15(17)19/h2-9H,10H2,1H3,(H,21,25). The molecule has 0 fully saturated rings. The lowest BCUT2D eigenvalue weighted by molar-refractivity contribution is -0.384. The van der Waals surface area contributed by atoms with E-state index in [9.17, 15) is 14.9 Å². The normalized spacial score (nSPS) is 10.4. The van der Waals surface area contributed by atoms with Gasteiger partial charge in [-0.15, -0.1) is 0 Å². The third-order valence-corrected chi connectivity index (χ3v) is 4.57. The molecule has 150 valence electrons. The highest BCUT2D eigenvalue weighted by Crippen LogP contribution is 2.28. The van der Waals surface area contributed by atoms with E-state index in [2.05, 4.69) is 26.3 Å². The second-order valence-electron chi connectivity index (χ2n) is 5.72. The van der Waals surface area contributed by atoms with Crippen molar-refractivity contribution in [1.29, 1.82) is 0 Å². The van der Waals surface area contributed by atoms with Gasteiger partial charge in [0.1, 0.15) is 11.5 Å². The second kappa shape index (κ2) is 8.93. The fourth-order valence-electron chi connectivity index (χ4n) is 2.36. The number of nitro benzene ring substituents is 1. The first kappa shape index (κ1) is 20.6. The molecule has 1 aromatic heterocycles. The van der Waals surface area contributed by atoms with Gasteiger partial charge in [-0.3, -0.25) is 14.9 Å². The van der Waals surface area contributed by atoms with Crippen LogP contribution in [0, 0.1) is 10.1 Å². The lowest BCUT2D eigenvalue weighted by atomic mass is 10.2. The zero-order valence-electron chi connectivity index (χ0n) is 15.0. The van der Waals surface area contributed by atoms with E-state index in [0.717, 1.165) is 0 Å². The Kier molecular flexibility index (Phi) is 6.35. The molecule has 3 rings (SSSR count). The summed E-state index contributed by atoms with van der Waals surface area (Å²) in [6, 6.07) is 10.6. The number of nitrogens with one attached hydrogen (secondary N) is 1. The van der Waals surface area contributed by atoms with E-state index < -0.39 is 10.8 Å². The van der Waals surface area contributed by atoms with Crippen LogP contribution in [-0.2, 0) is 6.73 Å². The Morgan fingerprint density at radius 3 is 2.79 bits per heavy atom. The Bertz CT molecular complexity index is 1070. The number of amides is 1. The van der Waals surface area contributed by atoms with Gasteiger partial charge in [-0.05, 0) is 40.2 Å². The van der Waals surface area contributed by atoms with Gasteiger partial charge in [-0.1, -0.05) is 11.6 Å². The molecule has 11 heteroatoms. The van der Waals surface area contributed by atoms with Crippen LogP contribution in [0.2, 0.25) is 5.02 Å². The van der Waals surface area contributed by atoms with Crippen LogP contribution in [0.5, 0.6) is 11.5 Å². The highest BCUT2D eigenvalue weighted by molar-refractivity contribution is 9.10. The molecule has 0 aliphatic rings. The average Bonchev–Trinajstić information content (AvgIpc) is 3.16. The van der Waals surface area contributed by atoms with E-state index in [-0.39, 0.29) is 29.5 Å². The van der Waals surface area contributed by atoms with Crippen LogP contribution >= 0.6 is 27.5 Å². The highest BCUT2D eigenvalue weighted by Gasteiger charge is 2.15. The zero-order chi connectivity index (χ0) is 21.0. The Hall–Kier alpha value is -3.11. The number of hydrogen-bond acceptors (Lipinski definition) is 6. The van der Waals surface area contributed by atoms with Crippen LogP contribution in [0.15, 0.2) is 53.1 Å². The Morgan fingerprint density at radius 2 is 2.10 bits per heavy atom. The number of rotatable bonds is 7. The maximum atomic E-state index is 12.4. The minimum absolute atomic E-state index is 0.0676. The third kappa shape index (κ3) is 5.24. The molecule has 0 saturated carbocycles. The van der Waals surface area contributed by atoms with Gasteiger partial charge in [0.15, 0.2) is 12.4 Å². The van der Waals surface area contributed by atoms with Gasteiger partial charge in [-0.25, -0.2) is 4.68 Å². The molecule has 2 aromatic carbocycles. The van der Waals surface area contributed by atoms with E-state index in [0.29, 0.717) is 15.2 Å². The minimum atomic E-state index is -0.570. The lowest BCUT2D eigenvalue weighted by Gasteiger charge is -2.08. The number of ether oxygens (including phenoxy) is 2. The van der Waals surface area contributed by atoms with E-state index >= 15 is 0 Å². The maximum absolute atomic E-state index is 12.4. The van der Waals surface area contributed by atoms with Gasteiger partial charge in [0.2, 0.25) is 0 Å². The Morgan fingerprint density at radius 1 is 1.31 bits per heavy atom. The van der Waals surface area contributed by atoms with Crippen molar-refractivity contribution in [2.45, 2.75) is 6.73 Å². The number of methoxy groups -OCH3 is 1. The zero-order valence-corrected chi connectivity index (χ0v) is 17.3. The number of benzene rings is 2. The summed E-state index contributed by atoms with van der Waals surface area (Å²) in [6.45, 7) is 0.0676. The number of nitrogens with zero attached hydrogens (tertiary/aromatic N) is 3. The molecule has 1 N–H and O–H groups in total. The summed E-state index contributed by atoms with van der Waals surface area (Å²) in [4.78, 5) is 22.9. The first-order valence-corrected chi connectivity index (χ1v) is 9.29. The van der Waals surface area contributed by atoms with Crippen LogP contribution in [0.25, 0.3) is 0 Å². The molecule has 0 radical (unpaired) electrons. The molecule has 0 unspecified atom stereocenters. The SMILES string of the molecule is COc1cc(NC(=O)c2ccn(COc3ccc(Cl)cc3Br)n2)cc([N+](=O)[O-])c1. The molecule has 1 amide bonds. The van der Waals surface area contributed by atoms with Crippen LogP contribution in [0.1, 0.15) is 10.5 Å². The van der Waals surface area contributed by atoms with Crippen LogP contribution in [0.3, 0.4) is 0 Å². The Balaban J connectivity index is 1.68. The smallest absolute Gasteiger partial charge is 0.276 e. The molecule has 0 bridgehead atoms. The van der Waals surface area contributed by atoms with Crippen molar-refractivity contribution in [2.24, 2.45) is 0 Å². The molecule has 29 heavy (non-hydrogen) atoms. The molecule has 0 atom stereocenters. The predicted molar refractivity (Wildman–Crippen MR) is 110 cm³/mol. The topological polar surface area (TPSA) is 109 Å². The van der Waals surface area contributed by atoms with E-state index in [1.54, 1.807) is 24.4 Å². The molecular formula is C18H14BrClN4O5. The average molecular weight is 482 g/mol. The van der Waals surface area contributed by atoms with Crippen LogP contribution in [0.4, 0.5) is 11.4 Å². The van der Waals surface area contributed by atoms with E-state index in [4.69, 9.17) is 21.1 Å². The summed E-state index contributed by atoms with van der Waals surface area (Å²) < 4.78 is 12.8. The number of carbonyl (C=O) groups is 1. The van der Waals surface area contributed by atoms with Gasteiger partial charge in [0.25, 0.3) is 11.6 Å². The van der Waals surface area contributed by atoms with Crippen molar-refractivity contribution >= 4 is 44.8 Å². The summed E-state index contributed by atoms with van der Waals surface area (Å²) in [6.07, 6.45) is 1.58. The van der Waals surface area contributed by atoms with Crippen molar-refractivity contribution in [3.05, 3.63) is 74.0 Å². The first-order valence-electron chi connectivity index (χ1n) is 8.12. The monoisotopic (exact) mass is 480 g/mol. The molecular weight excluding hydrogens is 468 g/mol. The highest BCUT2D eigenvalue weighted by atomic mass is 79.9. The number of carbonyl (C=O) groups excluding carboxylic acids is 1. The molecule has 3 aromatic rings. The molecule has 0 aliphatic carbocycles. The largest absolute Gasteiger partial charge is 0.496 e. The van der Waals surface area contributed by atoms with Gasteiger partial charge < -0.3 is 14.8 Å². The lowest BCUT2D eigenvalue weighted by Crippen LogP contribution is -2.14. The fourth-order valence-corrected chi connectivity index (χ4v) is 3.15. The summed E-state index contributed by atoms with van der Waals surface area (Å²) in [5.74, 6) is 0.292. The summed E-state index contributed by atoms with van der Waals surface area (Å²) >= 11 is 9.24. The van der Waals surface area contributed by atoms with E-state index in [1.165, 1.54) is 36.1 Å². The van der Waals surface area contributed by atoms with Gasteiger partial charge >= 0.3 is 0 Å². The minimum Gasteiger partial charge on any atom is -0.496 e. The number of non-ortho nitro benzene ring substituents is 1. The van der Waals surface area contributed by atoms with Gasteiger partial charge in [0, 0.05) is 23.4 Å². The van der Waals surface area contributed by atoms with Crippen molar-refractivity contribution in [2.75, 3.05) is 12.4 Å². The van der Waals surface area contributed by atoms with Crippen molar-refractivity contribution in [1.82, 2.24) is 9.78 Å². The second-order valence-corrected chi connectivity index (χ2v) is 7.01. The maximum Gasteiger partial charge on any atom is 0.276 e. The van der Waals surface area contributed by atoms with Crippen molar-refractivity contribution in [3.8, 4) is 11.5 Å². The van der Waals surface area contributed by atoms with Crippen molar-refractivity contribution in [3.63, 3.8) is 0 Å². The number of aromatic nitrogens is 2. The molecule has 0 spiro atoms. The summed E-state index contributed by atoms with van der Waals surface area (Å²) in [5.41, 5.74) is 0.137. The summed E-state index contributed by atoms with van der Waals surface area (Å²) in [5, 5.41) is 18.3. The summed E-state index contributed by atoms with van der Waals surface area (Å²) in [7, 11) is 1.38. The number of halogens is 2. The predicted octanol–water partition coefficient (Wildman–Crippen LogP) is 4.50. The van der Waals surface area contributed by atoms with Crippen LogP contribution in [-0.4, -0.2) is 27.7 Å². The Labute approximate surface area is 178 Å². The molecule has 1 heterocycles. The molecule has 0 aliphatic heterocycles. The molecule has 0 saturated heterocycles. The van der Waals surface area contributed by atoms with Gasteiger partial charge in [-0.2, -0.15) is 5.10 Å². The van der Waals surface area contributed by atoms with Crippen molar-refractivity contribution < 1.29 is 19.2 Å². The fraction of sp³-hybridized carbons (Fsp3) is 0.111. The van der Waals surface area contributed by atoms with Crippen LogP contribution < -0.4 is 14.8 Å². The van der Waals surface area contributed by atoms with Gasteiger partial charge in [0.05, 0.1) is 28.3 Å². The number of hydrogen-bond donors (Lipinski definition) is 1. The van der Waals surface area contributed by atoms with E-state index in [1.807, 2.05) is 0 Å². The third-order valence-electron chi connectivity index (χ3n) is 3.72. The first-order chi connectivity index (χ1) is 13.9.